The molecule has 0 amide bonds. The number of carboxylic acids is 1. The van der Waals surface area contributed by atoms with Gasteiger partial charge in [0.15, 0.2) is 0 Å². The molecule has 80 valence electrons. The Bertz CT molecular complexity index is 522. The van der Waals surface area contributed by atoms with E-state index in [1.165, 1.54) is 12.1 Å². The molecular formula is C10H7N3O3. The van der Waals surface area contributed by atoms with E-state index < -0.39 is 5.97 Å². The molecule has 0 spiro atoms. The van der Waals surface area contributed by atoms with Crippen molar-refractivity contribution in [2.75, 3.05) is 6.54 Å². The molecule has 0 aliphatic heterocycles. The zero-order valence-electron chi connectivity index (χ0n) is 8.08. The number of phenolic OH excluding ortho intramolecular Hbond substituents is 1. The number of rotatable bonds is 2. The van der Waals surface area contributed by atoms with Gasteiger partial charge < -0.3 is 10.2 Å². The standard InChI is InChI=1S/C10H7N3O3/c11-13-12-5-1-2-7-3-4-8(10(15)16)6-9(7)14/h3-4,6,14H,5H2,(H,15,16). The molecule has 0 aliphatic carbocycles. The lowest BCUT2D eigenvalue weighted by Crippen LogP contribution is -1.95. The van der Waals surface area contributed by atoms with Crippen molar-refractivity contribution in [3.63, 3.8) is 0 Å². The fourth-order valence-corrected chi connectivity index (χ4v) is 0.972. The van der Waals surface area contributed by atoms with Gasteiger partial charge in [0.1, 0.15) is 5.75 Å². The van der Waals surface area contributed by atoms with E-state index in [0.717, 1.165) is 6.07 Å². The second kappa shape index (κ2) is 5.29. The van der Waals surface area contributed by atoms with Crippen LogP contribution in [-0.2, 0) is 0 Å². The van der Waals surface area contributed by atoms with Crippen LogP contribution in [-0.4, -0.2) is 22.7 Å². The van der Waals surface area contributed by atoms with E-state index in [-0.39, 0.29) is 23.4 Å². The van der Waals surface area contributed by atoms with Gasteiger partial charge in [-0.1, -0.05) is 17.0 Å². The Morgan fingerprint density at radius 2 is 2.31 bits per heavy atom. The van der Waals surface area contributed by atoms with Gasteiger partial charge in [0.25, 0.3) is 0 Å². The third-order valence-corrected chi connectivity index (χ3v) is 1.68. The Labute approximate surface area is 90.8 Å². The summed E-state index contributed by atoms with van der Waals surface area (Å²) >= 11 is 0. The van der Waals surface area contributed by atoms with E-state index in [1.54, 1.807) is 0 Å². The molecule has 0 aromatic heterocycles. The highest BCUT2D eigenvalue weighted by molar-refractivity contribution is 5.88. The molecule has 0 bridgehead atoms. The Morgan fingerprint density at radius 1 is 1.56 bits per heavy atom. The van der Waals surface area contributed by atoms with E-state index >= 15 is 0 Å². The molecule has 1 aromatic rings. The number of aromatic carboxylic acids is 1. The van der Waals surface area contributed by atoms with Crippen molar-refractivity contribution in [2.24, 2.45) is 5.11 Å². The fraction of sp³-hybridized carbons (Fsp3) is 0.100. The number of carboxylic acid groups (broad SMARTS) is 1. The SMILES string of the molecule is [N-]=[N+]=NCC#Cc1ccc(C(=O)O)cc1O. The Hall–Kier alpha value is -2.64. The maximum Gasteiger partial charge on any atom is 0.335 e. The molecule has 0 atom stereocenters. The fourth-order valence-electron chi connectivity index (χ4n) is 0.972. The zero-order chi connectivity index (χ0) is 12.0. The minimum atomic E-state index is -1.12. The molecule has 0 saturated carbocycles. The number of aromatic hydroxyl groups is 1. The third kappa shape index (κ3) is 2.94. The van der Waals surface area contributed by atoms with Crippen LogP contribution in [0.15, 0.2) is 23.3 Å². The summed E-state index contributed by atoms with van der Waals surface area (Å²) in [4.78, 5) is 13.1. The van der Waals surface area contributed by atoms with Crippen molar-refractivity contribution in [2.45, 2.75) is 0 Å². The largest absolute Gasteiger partial charge is 0.507 e. The second-order valence-corrected chi connectivity index (χ2v) is 2.73. The van der Waals surface area contributed by atoms with Crippen LogP contribution in [0.3, 0.4) is 0 Å². The third-order valence-electron chi connectivity index (χ3n) is 1.68. The Kier molecular flexibility index (Phi) is 3.78. The minimum Gasteiger partial charge on any atom is -0.507 e. The molecule has 2 N–H and O–H groups in total. The van der Waals surface area contributed by atoms with Crippen molar-refractivity contribution in [1.82, 2.24) is 0 Å². The molecule has 6 heteroatoms. The topological polar surface area (TPSA) is 106 Å². The van der Waals surface area contributed by atoms with Crippen molar-refractivity contribution in [3.05, 3.63) is 39.8 Å². The maximum absolute atomic E-state index is 10.6. The van der Waals surface area contributed by atoms with Crippen LogP contribution in [0.4, 0.5) is 0 Å². The van der Waals surface area contributed by atoms with Crippen molar-refractivity contribution in [3.8, 4) is 17.6 Å². The molecule has 16 heavy (non-hydrogen) atoms. The molecule has 1 rings (SSSR count). The van der Waals surface area contributed by atoms with Crippen LogP contribution in [0, 0.1) is 11.8 Å². The van der Waals surface area contributed by atoms with E-state index in [9.17, 15) is 9.90 Å². The lowest BCUT2D eigenvalue weighted by atomic mass is 10.1. The summed E-state index contributed by atoms with van der Waals surface area (Å²) in [7, 11) is 0. The number of hydrogen-bond donors (Lipinski definition) is 2. The van der Waals surface area contributed by atoms with Crippen molar-refractivity contribution >= 4 is 5.97 Å². The highest BCUT2D eigenvalue weighted by atomic mass is 16.4. The van der Waals surface area contributed by atoms with Crippen LogP contribution in [0.2, 0.25) is 0 Å². The predicted octanol–water partition coefficient (Wildman–Crippen LogP) is 1.75. The molecule has 0 radical (unpaired) electrons. The van der Waals surface area contributed by atoms with Gasteiger partial charge in [0.2, 0.25) is 0 Å². The van der Waals surface area contributed by atoms with Gasteiger partial charge in [-0.15, -0.1) is 0 Å². The number of hydrogen-bond acceptors (Lipinski definition) is 3. The molecule has 6 nitrogen and oxygen atoms in total. The maximum atomic E-state index is 10.6. The summed E-state index contributed by atoms with van der Waals surface area (Å²) in [6.07, 6.45) is 0. The summed E-state index contributed by atoms with van der Waals surface area (Å²) in [5, 5.41) is 21.3. The molecule has 0 heterocycles. The van der Waals surface area contributed by atoms with Gasteiger partial charge in [-0.3, -0.25) is 0 Å². The highest BCUT2D eigenvalue weighted by Gasteiger charge is 2.05. The van der Waals surface area contributed by atoms with Gasteiger partial charge in [0, 0.05) is 4.91 Å². The second-order valence-electron chi connectivity index (χ2n) is 2.73. The quantitative estimate of drug-likeness (QED) is 0.341. The van der Waals surface area contributed by atoms with Gasteiger partial charge in [0.05, 0.1) is 17.7 Å². The van der Waals surface area contributed by atoms with Gasteiger partial charge in [-0.2, -0.15) is 0 Å². The summed E-state index contributed by atoms with van der Waals surface area (Å²) in [6.45, 7) is -0.00335. The minimum absolute atomic E-state index is 0.00335. The van der Waals surface area contributed by atoms with Crippen LogP contribution < -0.4 is 0 Å². The first-order chi connectivity index (χ1) is 7.65. The first-order valence-corrected chi connectivity index (χ1v) is 4.21. The van der Waals surface area contributed by atoms with E-state index in [2.05, 4.69) is 21.9 Å². The Balaban J connectivity index is 2.93. The van der Waals surface area contributed by atoms with E-state index in [0.29, 0.717) is 0 Å². The van der Waals surface area contributed by atoms with Crippen LogP contribution in [0.1, 0.15) is 15.9 Å². The molecule has 1 aromatic carbocycles. The molecule has 0 unspecified atom stereocenters. The highest BCUT2D eigenvalue weighted by Crippen LogP contribution is 2.17. The molecule has 0 saturated heterocycles. The number of nitrogens with zero attached hydrogens (tertiary/aromatic N) is 3. The number of benzene rings is 1. The van der Waals surface area contributed by atoms with E-state index in [4.69, 9.17) is 10.6 Å². The lowest BCUT2D eigenvalue weighted by Gasteiger charge is -1.98. The molecular weight excluding hydrogens is 210 g/mol. The van der Waals surface area contributed by atoms with Gasteiger partial charge in [-0.25, -0.2) is 4.79 Å². The number of phenols is 1. The smallest absolute Gasteiger partial charge is 0.335 e. The average molecular weight is 217 g/mol. The summed E-state index contributed by atoms with van der Waals surface area (Å²) in [6, 6.07) is 3.83. The van der Waals surface area contributed by atoms with Gasteiger partial charge in [-0.05, 0) is 23.7 Å². The normalized spacial score (nSPS) is 8.50. The predicted molar refractivity (Wildman–Crippen MR) is 56.0 cm³/mol. The molecule has 0 fully saturated rings. The summed E-state index contributed by atoms with van der Waals surface area (Å²) in [5.74, 6) is 3.73. The first kappa shape index (κ1) is 11.4. The van der Waals surface area contributed by atoms with Crippen LogP contribution >= 0.6 is 0 Å². The summed E-state index contributed by atoms with van der Waals surface area (Å²) in [5.41, 5.74) is 8.27. The first-order valence-electron chi connectivity index (χ1n) is 4.21. The Morgan fingerprint density at radius 3 is 2.88 bits per heavy atom. The summed E-state index contributed by atoms with van der Waals surface area (Å²) < 4.78 is 0. The van der Waals surface area contributed by atoms with Crippen LogP contribution in [0.25, 0.3) is 10.4 Å². The molecule has 0 aliphatic rings. The van der Waals surface area contributed by atoms with Crippen LogP contribution in [0.5, 0.6) is 5.75 Å². The van der Waals surface area contributed by atoms with Gasteiger partial charge >= 0.3 is 5.97 Å². The number of carbonyl (C=O) groups is 1. The zero-order valence-corrected chi connectivity index (χ0v) is 8.08. The monoisotopic (exact) mass is 217 g/mol. The van der Waals surface area contributed by atoms with Crippen molar-refractivity contribution in [1.29, 1.82) is 0 Å². The lowest BCUT2D eigenvalue weighted by molar-refractivity contribution is 0.0696. The average Bonchev–Trinajstić information content (AvgIpc) is 2.26. The number of azide groups is 1. The van der Waals surface area contributed by atoms with Crippen molar-refractivity contribution < 1.29 is 15.0 Å². The van der Waals surface area contributed by atoms with E-state index in [1.807, 2.05) is 0 Å².